The molecule has 8 heteroatoms. The van der Waals surface area contributed by atoms with Gasteiger partial charge >= 0.3 is 0 Å². The monoisotopic (exact) mass is 434 g/mol. The maximum atomic E-state index is 13.0. The minimum Gasteiger partial charge on any atom is -0.297 e. The SMILES string of the molecule is CCN(CC)S(=O)(=O)c1cccc(-c2n[nH]c(=S)n2[C@H](C)[C@H]2C[C@H]3CC[C@H]2C3)c1. The van der Waals surface area contributed by atoms with Crippen LogP contribution in [0.25, 0.3) is 11.4 Å². The molecule has 0 spiro atoms. The minimum absolute atomic E-state index is 0.245. The average Bonchev–Trinajstić information content (AvgIpc) is 3.44. The highest BCUT2D eigenvalue weighted by Gasteiger charge is 2.43. The number of rotatable bonds is 7. The van der Waals surface area contributed by atoms with Crippen LogP contribution in [-0.2, 0) is 10.0 Å². The second-order valence-corrected chi connectivity index (χ2v) is 10.7. The number of sulfonamides is 1. The van der Waals surface area contributed by atoms with E-state index < -0.39 is 10.0 Å². The first kappa shape index (κ1) is 20.8. The Morgan fingerprint density at radius 1 is 1.28 bits per heavy atom. The normalized spacial score (nSPS) is 25.0. The molecule has 1 heterocycles. The summed E-state index contributed by atoms with van der Waals surface area (Å²) in [6.45, 7) is 6.84. The van der Waals surface area contributed by atoms with Crippen LogP contribution in [0.3, 0.4) is 0 Å². The fourth-order valence-electron chi connectivity index (χ4n) is 5.47. The van der Waals surface area contributed by atoms with E-state index in [4.69, 9.17) is 12.2 Å². The number of aromatic amines is 1. The number of fused-ring (bicyclic) bond motifs is 2. The molecular formula is C21H30N4O2S2. The Balaban J connectivity index is 1.71. The summed E-state index contributed by atoms with van der Waals surface area (Å²) in [4.78, 5) is 0.298. The number of H-pyrrole nitrogens is 1. The van der Waals surface area contributed by atoms with Gasteiger partial charge in [-0.25, -0.2) is 8.42 Å². The summed E-state index contributed by atoms with van der Waals surface area (Å²) < 4.78 is 30.1. The molecule has 0 amide bonds. The van der Waals surface area contributed by atoms with Crippen LogP contribution in [0.5, 0.6) is 0 Å². The van der Waals surface area contributed by atoms with E-state index in [9.17, 15) is 8.42 Å². The highest BCUT2D eigenvalue weighted by atomic mass is 32.2. The molecule has 2 aromatic rings. The summed E-state index contributed by atoms with van der Waals surface area (Å²) in [6.07, 6.45) is 5.28. The minimum atomic E-state index is -3.52. The van der Waals surface area contributed by atoms with Crippen molar-refractivity contribution < 1.29 is 8.42 Å². The summed E-state index contributed by atoms with van der Waals surface area (Å²) >= 11 is 5.57. The highest BCUT2D eigenvalue weighted by Crippen LogP contribution is 2.52. The molecule has 1 aromatic carbocycles. The summed E-state index contributed by atoms with van der Waals surface area (Å²) in [6, 6.07) is 7.33. The van der Waals surface area contributed by atoms with Gasteiger partial charge in [0.1, 0.15) is 0 Å². The van der Waals surface area contributed by atoms with Crippen molar-refractivity contribution in [3.8, 4) is 11.4 Å². The molecular weight excluding hydrogens is 404 g/mol. The molecule has 2 aliphatic carbocycles. The summed E-state index contributed by atoms with van der Waals surface area (Å²) in [5, 5.41) is 7.43. The number of benzene rings is 1. The molecule has 6 nitrogen and oxygen atoms in total. The van der Waals surface area contributed by atoms with E-state index in [1.54, 1.807) is 18.2 Å². The Morgan fingerprint density at radius 3 is 2.66 bits per heavy atom. The average molecular weight is 435 g/mol. The van der Waals surface area contributed by atoms with Gasteiger partial charge in [-0.3, -0.25) is 9.67 Å². The van der Waals surface area contributed by atoms with Crippen LogP contribution in [-0.4, -0.2) is 40.6 Å². The lowest BCUT2D eigenvalue weighted by Crippen LogP contribution is -2.30. The van der Waals surface area contributed by atoms with Crippen LogP contribution >= 0.6 is 12.2 Å². The highest BCUT2D eigenvalue weighted by molar-refractivity contribution is 7.89. The van der Waals surface area contributed by atoms with E-state index in [1.165, 1.54) is 30.0 Å². The van der Waals surface area contributed by atoms with E-state index in [1.807, 2.05) is 19.9 Å². The van der Waals surface area contributed by atoms with Crippen molar-refractivity contribution in [2.45, 2.75) is 57.4 Å². The molecule has 4 atom stereocenters. The molecule has 2 aliphatic rings. The van der Waals surface area contributed by atoms with Gasteiger partial charge in [-0.2, -0.15) is 9.40 Å². The molecule has 1 aromatic heterocycles. The lowest BCUT2D eigenvalue weighted by Gasteiger charge is -2.29. The number of nitrogens with one attached hydrogen (secondary N) is 1. The van der Waals surface area contributed by atoms with E-state index in [0.29, 0.717) is 28.7 Å². The second kappa shape index (κ2) is 7.96. The Hall–Kier alpha value is -1.51. The van der Waals surface area contributed by atoms with Gasteiger partial charge in [0.15, 0.2) is 10.6 Å². The number of nitrogens with zero attached hydrogens (tertiary/aromatic N) is 3. The molecule has 2 fully saturated rings. The first-order valence-electron chi connectivity index (χ1n) is 10.6. The zero-order valence-corrected chi connectivity index (χ0v) is 19.0. The summed E-state index contributed by atoms with van der Waals surface area (Å²) in [7, 11) is -3.52. The van der Waals surface area contributed by atoms with Crippen molar-refractivity contribution in [2.75, 3.05) is 13.1 Å². The van der Waals surface area contributed by atoms with Gasteiger partial charge < -0.3 is 0 Å². The van der Waals surface area contributed by atoms with Crippen LogP contribution in [0, 0.1) is 22.5 Å². The van der Waals surface area contributed by atoms with Gasteiger partial charge in [0.2, 0.25) is 10.0 Å². The van der Waals surface area contributed by atoms with Crippen molar-refractivity contribution in [2.24, 2.45) is 17.8 Å². The predicted molar refractivity (Wildman–Crippen MR) is 117 cm³/mol. The van der Waals surface area contributed by atoms with Crippen molar-refractivity contribution in [3.05, 3.63) is 29.0 Å². The second-order valence-electron chi connectivity index (χ2n) is 8.42. The largest absolute Gasteiger partial charge is 0.297 e. The molecule has 2 saturated carbocycles. The summed E-state index contributed by atoms with van der Waals surface area (Å²) in [5.41, 5.74) is 0.778. The van der Waals surface area contributed by atoms with Crippen LogP contribution in [0.2, 0.25) is 0 Å². The fourth-order valence-corrected chi connectivity index (χ4v) is 7.27. The molecule has 0 saturated heterocycles. The third-order valence-electron chi connectivity index (χ3n) is 6.96. The standard InChI is InChI=1S/C21H30N4O2S2/c1-4-24(5-2)29(26,27)18-8-6-7-17(13-18)20-22-23-21(28)25(20)14(3)19-12-15-9-10-16(19)11-15/h6-8,13-16,19H,4-5,9-12H2,1-3H3,(H,23,28)/t14-,15+,16+,19-/m1/s1. The van der Waals surface area contributed by atoms with Gasteiger partial charge in [0, 0.05) is 24.7 Å². The number of aromatic nitrogens is 3. The van der Waals surface area contributed by atoms with Crippen LogP contribution in [0.4, 0.5) is 0 Å². The maximum absolute atomic E-state index is 13.0. The van der Waals surface area contributed by atoms with Crippen molar-refractivity contribution >= 4 is 22.2 Å². The van der Waals surface area contributed by atoms with Crippen LogP contribution in [0.15, 0.2) is 29.2 Å². The van der Waals surface area contributed by atoms with Gasteiger partial charge in [0.25, 0.3) is 0 Å². The van der Waals surface area contributed by atoms with Gasteiger partial charge in [-0.15, -0.1) is 0 Å². The number of hydrogen-bond donors (Lipinski definition) is 1. The van der Waals surface area contributed by atoms with Gasteiger partial charge in [-0.1, -0.05) is 32.4 Å². The number of hydrogen-bond acceptors (Lipinski definition) is 4. The molecule has 1 N–H and O–H groups in total. The van der Waals surface area contributed by atoms with Crippen LogP contribution in [0.1, 0.15) is 52.5 Å². The predicted octanol–water partition coefficient (Wildman–Crippen LogP) is 4.64. The van der Waals surface area contributed by atoms with Crippen molar-refractivity contribution in [1.29, 1.82) is 0 Å². The summed E-state index contributed by atoms with van der Waals surface area (Å²) in [5.74, 6) is 2.97. The Kier molecular flexibility index (Phi) is 5.70. The zero-order valence-electron chi connectivity index (χ0n) is 17.3. The molecule has 158 valence electrons. The third-order valence-corrected chi connectivity index (χ3v) is 9.29. The quantitative estimate of drug-likeness (QED) is 0.645. The van der Waals surface area contributed by atoms with Crippen molar-refractivity contribution in [1.82, 2.24) is 19.1 Å². The lowest BCUT2D eigenvalue weighted by molar-refractivity contribution is 0.242. The zero-order chi connectivity index (χ0) is 20.8. The Labute approximate surface area is 178 Å². The molecule has 0 aliphatic heterocycles. The lowest BCUT2D eigenvalue weighted by atomic mass is 9.84. The van der Waals surface area contributed by atoms with Crippen molar-refractivity contribution in [3.63, 3.8) is 0 Å². The third kappa shape index (κ3) is 3.59. The Morgan fingerprint density at radius 2 is 2.03 bits per heavy atom. The van der Waals surface area contributed by atoms with E-state index >= 15 is 0 Å². The van der Waals surface area contributed by atoms with E-state index in [2.05, 4.69) is 21.7 Å². The van der Waals surface area contributed by atoms with E-state index in [-0.39, 0.29) is 6.04 Å². The molecule has 29 heavy (non-hydrogen) atoms. The fraction of sp³-hybridized carbons (Fsp3) is 0.619. The molecule has 2 bridgehead atoms. The van der Waals surface area contributed by atoms with Crippen LogP contribution < -0.4 is 0 Å². The first-order chi connectivity index (χ1) is 13.9. The van der Waals surface area contributed by atoms with Gasteiger partial charge in [-0.05, 0) is 68.3 Å². The molecule has 0 unspecified atom stereocenters. The topological polar surface area (TPSA) is 71.0 Å². The smallest absolute Gasteiger partial charge is 0.243 e. The molecule has 4 rings (SSSR count). The molecule has 0 radical (unpaired) electrons. The maximum Gasteiger partial charge on any atom is 0.243 e. The Bertz CT molecular complexity index is 1040. The van der Waals surface area contributed by atoms with Gasteiger partial charge in [0.05, 0.1) is 4.90 Å². The van der Waals surface area contributed by atoms with E-state index in [0.717, 1.165) is 23.2 Å². The first-order valence-corrected chi connectivity index (χ1v) is 12.5.